The van der Waals surface area contributed by atoms with Crippen LogP contribution in [-0.4, -0.2) is 25.4 Å². The topological polar surface area (TPSA) is 27.7 Å². The third-order valence-corrected chi connectivity index (χ3v) is 7.45. The molecule has 0 bridgehead atoms. The molecule has 0 spiro atoms. The van der Waals surface area contributed by atoms with Gasteiger partial charge in [-0.15, -0.1) is 0 Å². The average Bonchev–Trinajstić information content (AvgIpc) is 2.96. The molecule has 0 radical (unpaired) electrons. The summed E-state index contributed by atoms with van der Waals surface area (Å²) in [5.41, 5.74) is -0.108. The molecule has 228 valence electrons. The van der Waals surface area contributed by atoms with E-state index in [1.165, 1.54) is 13.3 Å². The Morgan fingerprint density at radius 3 is 2.24 bits per heavy atom. The largest absolute Gasteiger partial charge is 0.482 e. The second kappa shape index (κ2) is 13.8. The zero-order chi connectivity index (χ0) is 30.4. The Labute approximate surface area is 240 Å². The molecule has 0 amide bonds. The molecule has 1 aliphatic heterocycles. The van der Waals surface area contributed by atoms with Gasteiger partial charge >= 0.3 is 6.11 Å². The standard InChI is InChI=1S/C32H33F7O3/c1-3-4-5-6-23-13-12-22(17-40-23)20-8-10-21(11-9-20)24-14-16-26(30(35)29(24)34)42-32(38,39)18-41-25-15-7-19(2)28(33)27(25)31(36)37/h7-11,14-16,22-23,31H,3-6,12-13,17-18H2,1-2H3. The molecular weight excluding hydrogens is 565 g/mol. The zero-order valence-corrected chi connectivity index (χ0v) is 23.4. The second-order valence-corrected chi connectivity index (χ2v) is 10.5. The zero-order valence-electron chi connectivity index (χ0n) is 23.4. The Morgan fingerprint density at radius 1 is 0.881 bits per heavy atom. The Kier molecular flexibility index (Phi) is 10.4. The fourth-order valence-electron chi connectivity index (χ4n) is 5.05. The molecule has 2 atom stereocenters. The fraction of sp³-hybridized carbons (Fsp3) is 0.438. The van der Waals surface area contributed by atoms with Gasteiger partial charge in [-0.2, -0.15) is 13.2 Å². The summed E-state index contributed by atoms with van der Waals surface area (Å²) >= 11 is 0. The van der Waals surface area contributed by atoms with E-state index in [1.54, 1.807) is 12.1 Å². The van der Waals surface area contributed by atoms with E-state index in [-0.39, 0.29) is 23.1 Å². The molecule has 0 N–H and O–H groups in total. The lowest BCUT2D eigenvalue weighted by atomic mass is 9.89. The lowest BCUT2D eigenvalue weighted by Gasteiger charge is -2.29. The molecule has 3 nitrogen and oxygen atoms in total. The molecule has 0 saturated carbocycles. The highest BCUT2D eigenvalue weighted by atomic mass is 19.3. The van der Waals surface area contributed by atoms with Crippen LogP contribution in [0.4, 0.5) is 30.7 Å². The molecule has 1 fully saturated rings. The summed E-state index contributed by atoms with van der Waals surface area (Å²) in [7, 11) is 0. The number of aryl methyl sites for hydroxylation is 1. The normalized spacial score (nSPS) is 17.5. The van der Waals surface area contributed by atoms with Crippen molar-refractivity contribution >= 4 is 0 Å². The predicted molar refractivity (Wildman–Crippen MR) is 145 cm³/mol. The van der Waals surface area contributed by atoms with Gasteiger partial charge in [0.15, 0.2) is 18.2 Å². The monoisotopic (exact) mass is 598 g/mol. The molecule has 3 aromatic rings. The first-order chi connectivity index (χ1) is 20.0. The molecule has 3 aromatic carbocycles. The molecule has 1 saturated heterocycles. The van der Waals surface area contributed by atoms with Crippen LogP contribution in [0.5, 0.6) is 11.5 Å². The van der Waals surface area contributed by atoms with Crippen molar-refractivity contribution in [3.05, 3.63) is 82.7 Å². The molecule has 0 aliphatic carbocycles. The molecule has 1 heterocycles. The van der Waals surface area contributed by atoms with Gasteiger partial charge in [-0.05, 0) is 61.1 Å². The van der Waals surface area contributed by atoms with Crippen molar-refractivity contribution < 1.29 is 44.9 Å². The van der Waals surface area contributed by atoms with Gasteiger partial charge in [0.1, 0.15) is 11.6 Å². The van der Waals surface area contributed by atoms with Crippen molar-refractivity contribution in [2.45, 2.75) is 76.9 Å². The summed E-state index contributed by atoms with van der Waals surface area (Å²) in [6.45, 7) is 2.33. The van der Waals surface area contributed by atoms with E-state index < -0.39 is 53.7 Å². The van der Waals surface area contributed by atoms with Crippen LogP contribution in [0.3, 0.4) is 0 Å². The van der Waals surface area contributed by atoms with E-state index in [0.29, 0.717) is 12.2 Å². The predicted octanol–water partition coefficient (Wildman–Crippen LogP) is 9.91. The quantitative estimate of drug-likeness (QED) is 0.153. The lowest BCUT2D eigenvalue weighted by Crippen LogP contribution is -2.33. The SMILES string of the molecule is CCCCCC1CCC(c2ccc(-c3ccc(OC(F)(F)COc4ccc(C)c(F)c4C(F)F)c(F)c3F)cc2)CO1. The number of halogens is 7. The summed E-state index contributed by atoms with van der Waals surface area (Å²) in [6, 6.07) is 10.8. The Balaban J connectivity index is 1.40. The fourth-order valence-corrected chi connectivity index (χ4v) is 5.05. The maximum atomic E-state index is 14.9. The van der Waals surface area contributed by atoms with Crippen LogP contribution in [0.15, 0.2) is 48.5 Å². The first-order valence-corrected chi connectivity index (χ1v) is 14.0. The van der Waals surface area contributed by atoms with Crippen molar-refractivity contribution in [1.82, 2.24) is 0 Å². The average molecular weight is 599 g/mol. The third kappa shape index (κ3) is 7.56. The number of hydrogen-bond acceptors (Lipinski definition) is 3. The maximum Gasteiger partial charge on any atom is 0.433 e. The smallest absolute Gasteiger partial charge is 0.433 e. The van der Waals surface area contributed by atoms with E-state index in [4.69, 9.17) is 9.47 Å². The van der Waals surface area contributed by atoms with Gasteiger partial charge < -0.3 is 14.2 Å². The van der Waals surface area contributed by atoms with Crippen LogP contribution >= 0.6 is 0 Å². The molecule has 2 unspecified atom stereocenters. The molecule has 0 aromatic heterocycles. The van der Waals surface area contributed by atoms with Crippen molar-refractivity contribution in [1.29, 1.82) is 0 Å². The van der Waals surface area contributed by atoms with Crippen LogP contribution in [0, 0.1) is 24.4 Å². The summed E-state index contributed by atoms with van der Waals surface area (Å²) in [4.78, 5) is 0. The first kappa shape index (κ1) is 31.7. The van der Waals surface area contributed by atoms with E-state index in [9.17, 15) is 30.7 Å². The first-order valence-electron chi connectivity index (χ1n) is 14.0. The Bertz CT molecular complexity index is 1340. The molecule has 1 aliphatic rings. The number of hydrogen-bond donors (Lipinski definition) is 0. The summed E-state index contributed by atoms with van der Waals surface area (Å²) in [6.07, 6.45) is -0.845. The van der Waals surface area contributed by atoms with E-state index in [2.05, 4.69) is 11.7 Å². The van der Waals surface area contributed by atoms with Crippen molar-refractivity contribution in [3.63, 3.8) is 0 Å². The second-order valence-electron chi connectivity index (χ2n) is 10.5. The highest BCUT2D eigenvalue weighted by Crippen LogP contribution is 2.37. The summed E-state index contributed by atoms with van der Waals surface area (Å²) in [5.74, 6) is -6.06. The van der Waals surface area contributed by atoms with Crippen molar-refractivity contribution in [2.24, 2.45) is 0 Å². The van der Waals surface area contributed by atoms with Crippen LogP contribution in [0.2, 0.25) is 0 Å². The van der Waals surface area contributed by atoms with Gasteiger partial charge in [-0.3, -0.25) is 0 Å². The van der Waals surface area contributed by atoms with Crippen LogP contribution in [0.1, 0.15) is 74.5 Å². The summed E-state index contributed by atoms with van der Waals surface area (Å²) in [5, 5.41) is 0. The van der Waals surface area contributed by atoms with E-state index >= 15 is 0 Å². The van der Waals surface area contributed by atoms with Crippen LogP contribution in [-0.2, 0) is 4.74 Å². The Morgan fingerprint density at radius 2 is 1.60 bits per heavy atom. The van der Waals surface area contributed by atoms with Crippen molar-refractivity contribution in [2.75, 3.05) is 13.2 Å². The minimum absolute atomic E-state index is 0.123. The van der Waals surface area contributed by atoms with Gasteiger partial charge in [-0.1, -0.05) is 56.5 Å². The number of benzene rings is 3. The van der Waals surface area contributed by atoms with E-state index in [1.807, 2.05) is 12.1 Å². The minimum Gasteiger partial charge on any atom is -0.482 e. The number of alkyl halides is 4. The van der Waals surface area contributed by atoms with Crippen LogP contribution in [0.25, 0.3) is 11.1 Å². The number of rotatable bonds is 12. The molecular formula is C32H33F7O3. The molecule has 4 rings (SSSR count). The van der Waals surface area contributed by atoms with Gasteiger partial charge in [0.05, 0.1) is 18.3 Å². The lowest BCUT2D eigenvalue weighted by molar-refractivity contribution is -0.197. The Hall–Kier alpha value is -3.27. The van der Waals surface area contributed by atoms with E-state index in [0.717, 1.165) is 61.9 Å². The molecule has 10 heteroatoms. The van der Waals surface area contributed by atoms with Gasteiger partial charge in [0.2, 0.25) is 5.82 Å². The highest BCUT2D eigenvalue weighted by Gasteiger charge is 2.36. The maximum absolute atomic E-state index is 14.9. The van der Waals surface area contributed by atoms with Crippen molar-refractivity contribution in [3.8, 4) is 22.6 Å². The number of ether oxygens (including phenoxy) is 3. The minimum atomic E-state index is -4.26. The highest BCUT2D eigenvalue weighted by molar-refractivity contribution is 5.65. The number of unbranched alkanes of at least 4 members (excludes halogenated alkanes) is 2. The van der Waals surface area contributed by atoms with Crippen LogP contribution < -0.4 is 9.47 Å². The van der Waals surface area contributed by atoms with Gasteiger partial charge in [-0.25, -0.2) is 17.6 Å². The molecule has 42 heavy (non-hydrogen) atoms. The summed E-state index contributed by atoms with van der Waals surface area (Å²) < 4.78 is 114. The third-order valence-electron chi connectivity index (χ3n) is 7.45. The van der Waals surface area contributed by atoms with Gasteiger partial charge in [0.25, 0.3) is 6.43 Å². The van der Waals surface area contributed by atoms with Gasteiger partial charge in [0, 0.05) is 11.5 Å².